The van der Waals surface area contributed by atoms with E-state index in [1.165, 1.54) is 64.2 Å². The summed E-state index contributed by atoms with van der Waals surface area (Å²) in [4.78, 5) is 0. The highest BCUT2D eigenvalue weighted by atomic mass is 35.5. The molecule has 2 nitrogen and oxygen atoms in total. The van der Waals surface area contributed by atoms with Gasteiger partial charge in [0, 0.05) is 6.04 Å². The van der Waals surface area contributed by atoms with Crippen LogP contribution >= 0.6 is 12.4 Å². The molecule has 0 aromatic rings. The van der Waals surface area contributed by atoms with Gasteiger partial charge in [-0.05, 0) is 31.1 Å². The molecule has 0 aromatic carbocycles. The van der Waals surface area contributed by atoms with Crippen molar-refractivity contribution in [1.29, 1.82) is 0 Å². The highest BCUT2D eigenvalue weighted by molar-refractivity contribution is 5.85. The van der Waals surface area contributed by atoms with Crippen LogP contribution in [-0.2, 0) is 0 Å². The summed E-state index contributed by atoms with van der Waals surface area (Å²) in [7, 11) is 0. The monoisotopic (exact) mass is 275 g/mol. The third kappa shape index (κ3) is 4.71. The molecule has 0 aliphatic heterocycles. The first-order chi connectivity index (χ1) is 8.27. The number of rotatable bonds is 4. The van der Waals surface area contributed by atoms with Crippen molar-refractivity contribution in [3.8, 4) is 0 Å². The van der Waals surface area contributed by atoms with Gasteiger partial charge >= 0.3 is 0 Å². The van der Waals surface area contributed by atoms with Crippen molar-refractivity contribution in [2.24, 2.45) is 17.6 Å². The maximum Gasteiger partial charge on any atom is 0.0719 e. The lowest BCUT2D eigenvalue weighted by atomic mass is 9.78. The van der Waals surface area contributed by atoms with E-state index in [1.54, 1.807) is 0 Å². The normalized spacial score (nSPS) is 26.3. The number of hydrogen-bond donors (Lipinski definition) is 2. The van der Waals surface area contributed by atoms with Crippen LogP contribution in [0.1, 0.15) is 70.6 Å². The summed E-state index contributed by atoms with van der Waals surface area (Å²) in [5.74, 6) is 1.28. The van der Waals surface area contributed by atoms with Gasteiger partial charge in [-0.15, -0.1) is 12.4 Å². The highest BCUT2D eigenvalue weighted by Crippen LogP contribution is 2.31. The number of halogens is 1. The summed E-state index contributed by atoms with van der Waals surface area (Å²) in [6.45, 7) is 0. The van der Waals surface area contributed by atoms with Crippen LogP contribution < -0.4 is 5.73 Å². The number of hydrogen-bond acceptors (Lipinski definition) is 2. The molecule has 0 amide bonds. The Labute approximate surface area is 118 Å². The Kier molecular flexibility index (Phi) is 7.59. The zero-order chi connectivity index (χ0) is 12.1. The van der Waals surface area contributed by atoms with E-state index in [2.05, 4.69) is 0 Å². The van der Waals surface area contributed by atoms with Crippen molar-refractivity contribution in [2.75, 3.05) is 0 Å². The first-order valence-electron chi connectivity index (χ1n) is 7.71. The first kappa shape index (κ1) is 16.3. The van der Waals surface area contributed by atoms with Crippen LogP contribution in [0.15, 0.2) is 0 Å². The molecular formula is C15H30ClNO. The lowest BCUT2D eigenvalue weighted by Gasteiger charge is -2.33. The van der Waals surface area contributed by atoms with Gasteiger partial charge in [-0.25, -0.2) is 0 Å². The molecule has 2 rings (SSSR count). The Bertz CT molecular complexity index is 213. The Morgan fingerprint density at radius 2 is 1.39 bits per heavy atom. The van der Waals surface area contributed by atoms with E-state index in [0.717, 1.165) is 12.3 Å². The minimum Gasteiger partial charge on any atom is -0.391 e. The topological polar surface area (TPSA) is 46.2 Å². The van der Waals surface area contributed by atoms with Gasteiger partial charge in [0.25, 0.3) is 0 Å². The maximum absolute atomic E-state index is 10.3. The Hall–Kier alpha value is 0.210. The summed E-state index contributed by atoms with van der Waals surface area (Å²) in [6, 6.07) is 0.0289. The van der Waals surface area contributed by atoms with Gasteiger partial charge in [-0.2, -0.15) is 0 Å². The van der Waals surface area contributed by atoms with Gasteiger partial charge in [0.05, 0.1) is 6.10 Å². The maximum atomic E-state index is 10.3. The largest absolute Gasteiger partial charge is 0.391 e. The van der Waals surface area contributed by atoms with Crippen LogP contribution in [0.4, 0.5) is 0 Å². The van der Waals surface area contributed by atoms with Crippen molar-refractivity contribution in [1.82, 2.24) is 0 Å². The molecule has 108 valence electrons. The predicted molar refractivity (Wildman–Crippen MR) is 79.0 cm³/mol. The third-order valence-electron chi connectivity index (χ3n) is 4.90. The molecule has 3 N–H and O–H groups in total. The van der Waals surface area contributed by atoms with Crippen molar-refractivity contribution in [3.05, 3.63) is 0 Å². The smallest absolute Gasteiger partial charge is 0.0719 e. The number of nitrogens with two attached hydrogens (primary N) is 1. The Morgan fingerprint density at radius 1 is 0.889 bits per heavy atom. The zero-order valence-corrected chi connectivity index (χ0v) is 12.3. The molecule has 2 fully saturated rings. The van der Waals surface area contributed by atoms with E-state index in [-0.39, 0.29) is 24.6 Å². The summed E-state index contributed by atoms with van der Waals surface area (Å²) in [5.41, 5.74) is 6.23. The lowest BCUT2D eigenvalue weighted by molar-refractivity contribution is 0.0523. The predicted octanol–water partition coefficient (Wildman–Crippen LogP) is 3.65. The van der Waals surface area contributed by atoms with Crippen LogP contribution in [0.2, 0.25) is 0 Å². The third-order valence-corrected chi connectivity index (χ3v) is 4.90. The quantitative estimate of drug-likeness (QED) is 0.823. The van der Waals surface area contributed by atoms with Gasteiger partial charge in [0.2, 0.25) is 0 Å². The van der Waals surface area contributed by atoms with Gasteiger partial charge < -0.3 is 10.8 Å². The summed E-state index contributed by atoms with van der Waals surface area (Å²) < 4.78 is 0. The van der Waals surface area contributed by atoms with E-state index in [4.69, 9.17) is 5.73 Å². The van der Waals surface area contributed by atoms with Crippen molar-refractivity contribution in [3.63, 3.8) is 0 Å². The molecule has 0 saturated heterocycles. The van der Waals surface area contributed by atoms with E-state index < -0.39 is 0 Å². The fraction of sp³-hybridized carbons (Fsp3) is 1.00. The van der Waals surface area contributed by atoms with Crippen molar-refractivity contribution >= 4 is 12.4 Å². The minimum absolute atomic E-state index is 0. The second-order valence-electron chi connectivity index (χ2n) is 6.29. The molecule has 0 heterocycles. The molecule has 2 atom stereocenters. The Morgan fingerprint density at radius 3 is 1.94 bits per heavy atom. The number of aliphatic hydroxyl groups excluding tert-OH is 1. The van der Waals surface area contributed by atoms with Gasteiger partial charge in [-0.3, -0.25) is 0 Å². The summed E-state index contributed by atoms with van der Waals surface area (Å²) >= 11 is 0. The molecule has 2 unspecified atom stereocenters. The van der Waals surface area contributed by atoms with E-state index in [9.17, 15) is 5.11 Å². The highest BCUT2D eigenvalue weighted by Gasteiger charge is 2.28. The van der Waals surface area contributed by atoms with Crippen LogP contribution in [0, 0.1) is 11.8 Å². The van der Waals surface area contributed by atoms with Crippen molar-refractivity contribution in [2.45, 2.75) is 82.8 Å². The molecular weight excluding hydrogens is 246 g/mol. The molecule has 2 saturated carbocycles. The lowest BCUT2D eigenvalue weighted by Crippen LogP contribution is -2.42. The second kappa shape index (κ2) is 8.39. The SMILES string of the molecule is Cl.NC(CC1CCCCC1)C(O)C1CCCCC1. The molecule has 0 radical (unpaired) electrons. The van der Waals surface area contributed by atoms with Crippen LogP contribution in [0.3, 0.4) is 0 Å². The molecule has 2 aliphatic rings. The molecule has 0 spiro atoms. The van der Waals surface area contributed by atoms with E-state index in [0.29, 0.717) is 5.92 Å². The average molecular weight is 276 g/mol. The zero-order valence-electron chi connectivity index (χ0n) is 11.5. The van der Waals surface area contributed by atoms with E-state index in [1.807, 2.05) is 0 Å². The molecule has 0 aromatic heterocycles. The van der Waals surface area contributed by atoms with Gasteiger partial charge in [-0.1, -0.05) is 51.4 Å². The first-order valence-corrected chi connectivity index (χ1v) is 7.71. The molecule has 2 aliphatic carbocycles. The summed E-state index contributed by atoms with van der Waals surface area (Å²) in [6.07, 6.45) is 14.0. The molecule has 0 bridgehead atoms. The average Bonchev–Trinajstić information content (AvgIpc) is 2.40. The summed E-state index contributed by atoms with van der Waals surface area (Å²) in [5, 5.41) is 10.3. The van der Waals surface area contributed by atoms with Gasteiger partial charge in [0.1, 0.15) is 0 Å². The van der Waals surface area contributed by atoms with Crippen LogP contribution in [0.25, 0.3) is 0 Å². The molecule has 3 heteroatoms. The fourth-order valence-corrected chi connectivity index (χ4v) is 3.77. The van der Waals surface area contributed by atoms with Crippen LogP contribution in [-0.4, -0.2) is 17.3 Å². The van der Waals surface area contributed by atoms with E-state index >= 15 is 0 Å². The fourth-order valence-electron chi connectivity index (χ4n) is 3.77. The van der Waals surface area contributed by atoms with Crippen molar-refractivity contribution < 1.29 is 5.11 Å². The standard InChI is InChI=1S/C15H29NO.ClH/c16-14(11-12-7-3-1-4-8-12)15(17)13-9-5-2-6-10-13;/h12-15,17H,1-11,16H2;1H. The minimum atomic E-state index is -0.239. The Balaban J connectivity index is 0.00000162. The molecule has 18 heavy (non-hydrogen) atoms. The second-order valence-corrected chi connectivity index (χ2v) is 6.29. The van der Waals surface area contributed by atoms with Gasteiger partial charge in [0.15, 0.2) is 0 Å². The van der Waals surface area contributed by atoms with Crippen LogP contribution in [0.5, 0.6) is 0 Å². The number of aliphatic hydroxyl groups is 1.